The summed E-state index contributed by atoms with van der Waals surface area (Å²) in [5.41, 5.74) is 2.64. The maximum absolute atomic E-state index is 12.3. The van der Waals surface area contributed by atoms with Crippen LogP contribution in [-0.2, 0) is 11.3 Å². The third-order valence-electron chi connectivity index (χ3n) is 5.40. The molecule has 1 aromatic carbocycles. The molecule has 0 saturated carbocycles. The normalized spacial score (nSPS) is 15.2. The lowest BCUT2D eigenvalue weighted by Crippen LogP contribution is -2.40. The fourth-order valence-corrected chi connectivity index (χ4v) is 3.86. The second kappa shape index (κ2) is 8.59. The number of hydrogen-bond acceptors (Lipinski definition) is 5. The maximum atomic E-state index is 12.3. The van der Waals surface area contributed by atoms with Crippen LogP contribution in [-0.4, -0.2) is 50.3 Å². The molecular formula is C22H27N5O2. The number of carbonyl (C=O) groups excluding carboxylic acids is 1. The Morgan fingerprint density at radius 2 is 1.86 bits per heavy atom. The second-order valence-electron chi connectivity index (χ2n) is 7.75. The highest BCUT2D eigenvalue weighted by Crippen LogP contribution is 2.31. The molecule has 1 saturated heterocycles. The Kier molecular flexibility index (Phi) is 5.74. The third kappa shape index (κ3) is 4.23. The van der Waals surface area contributed by atoms with Gasteiger partial charge < -0.3 is 9.64 Å². The minimum absolute atomic E-state index is 0.0436. The SMILES string of the molecule is CC(C)C(=O)N1CCC(c2nn(CCOc3ccccc3)c3nccnc23)CC1. The molecule has 3 heterocycles. The van der Waals surface area contributed by atoms with E-state index in [1.54, 1.807) is 12.4 Å². The smallest absolute Gasteiger partial charge is 0.225 e. The van der Waals surface area contributed by atoms with Crippen molar-refractivity contribution in [3.05, 3.63) is 48.4 Å². The average Bonchev–Trinajstić information content (AvgIpc) is 3.13. The molecule has 29 heavy (non-hydrogen) atoms. The van der Waals surface area contributed by atoms with E-state index in [-0.39, 0.29) is 11.8 Å². The van der Waals surface area contributed by atoms with Crippen LogP contribution in [0.5, 0.6) is 5.75 Å². The van der Waals surface area contributed by atoms with Crippen LogP contribution in [0.1, 0.15) is 38.3 Å². The molecule has 4 rings (SSSR count). The Hall–Kier alpha value is -2.96. The summed E-state index contributed by atoms with van der Waals surface area (Å²) in [5.74, 6) is 1.41. The van der Waals surface area contributed by atoms with Crippen molar-refractivity contribution in [1.82, 2.24) is 24.6 Å². The van der Waals surface area contributed by atoms with Crippen molar-refractivity contribution < 1.29 is 9.53 Å². The summed E-state index contributed by atoms with van der Waals surface area (Å²) in [6.45, 7) is 6.57. The monoisotopic (exact) mass is 393 g/mol. The van der Waals surface area contributed by atoms with Gasteiger partial charge in [-0.25, -0.2) is 14.6 Å². The number of para-hydroxylation sites is 1. The first-order valence-electron chi connectivity index (χ1n) is 10.3. The van der Waals surface area contributed by atoms with Crippen molar-refractivity contribution in [1.29, 1.82) is 0 Å². The van der Waals surface area contributed by atoms with E-state index < -0.39 is 0 Å². The number of likely N-dealkylation sites (tertiary alicyclic amines) is 1. The van der Waals surface area contributed by atoms with Gasteiger partial charge in [0.25, 0.3) is 0 Å². The number of fused-ring (bicyclic) bond motifs is 1. The van der Waals surface area contributed by atoms with E-state index in [1.807, 2.05) is 53.8 Å². The summed E-state index contributed by atoms with van der Waals surface area (Å²) in [6.07, 6.45) is 5.23. The van der Waals surface area contributed by atoms with Gasteiger partial charge in [0.15, 0.2) is 5.65 Å². The number of benzene rings is 1. The fourth-order valence-electron chi connectivity index (χ4n) is 3.86. The van der Waals surface area contributed by atoms with Gasteiger partial charge in [-0.2, -0.15) is 5.10 Å². The second-order valence-corrected chi connectivity index (χ2v) is 7.75. The van der Waals surface area contributed by atoms with Crippen LogP contribution in [0.4, 0.5) is 0 Å². The maximum Gasteiger partial charge on any atom is 0.225 e. The van der Waals surface area contributed by atoms with Crippen LogP contribution in [0.3, 0.4) is 0 Å². The van der Waals surface area contributed by atoms with Gasteiger partial charge in [0.05, 0.1) is 12.2 Å². The summed E-state index contributed by atoms with van der Waals surface area (Å²) in [4.78, 5) is 23.3. The summed E-state index contributed by atoms with van der Waals surface area (Å²) in [7, 11) is 0. The predicted octanol–water partition coefficient (Wildman–Crippen LogP) is 3.27. The fraction of sp³-hybridized carbons (Fsp3) is 0.455. The molecule has 1 aliphatic rings. The van der Waals surface area contributed by atoms with Gasteiger partial charge in [0.2, 0.25) is 5.91 Å². The first-order valence-corrected chi connectivity index (χ1v) is 10.3. The zero-order valence-corrected chi connectivity index (χ0v) is 17.0. The molecule has 0 aliphatic carbocycles. The first-order chi connectivity index (χ1) is 14.1. The topological polar surface area (TPSA) is 73.1 Å². The van der Waals surface area contributed by atoms with E-state index in [0.29, 0.717) is 19.1 Å². The van der Waals surface area contributed by atoms with Gasteiger partial charge in [0.1, 0.15) is 17.9 Å². The number of hydrogen-bond donors (Lipinski definition) is 0. The molecule has 1 fully saturated rings. The van der Waals surface area contributed by atoms with Crippen molar-refractivity contribution in [2.75, 3.05) is 19.7 Å². The molecule has 0 unspecified atom stereocenters. The molecule has 1 amide bonds. The minimum atomic E-state index is 0.0436. The Morgan fingerprint density at radius 3 is 2.59 bits per heavy atom. The predicted molar refractivity (Wildman–Crippen MR) is 111 cm³/mol. The van der Waals surface area contributed by atoms with Crippen LogP contribution in [0, 0.1) is 5.92 Å². The third-order valence-corrected chi connectivity index (χ3v) is 5.40. The number of rotatable bonds is 6. The van der Waals surface area contributed by atoms with Gasteiger partial charge in [-0.15, -0.1) is 0 Å². The Bertz CT molecular complexity index is 962. The van der Waals surface area contributed by atoms with Gasteiger partial charge >= 0.3 is 0 Å². The number of ether oxygens (including phenoxy) is 1. The Balaban J connectivity index is 1.47. The van der Waals surface area contributed by atoms with Crippen LogP contribution in [0.2, 0.25) is 0 Å². The molecule has 7 nitrogen and oxygen atoms in total. The van der Waals surface area contributed by atoms with E-state index in [9.17, 15) is 4.79 Å². The highest BCUT2D eigenvalue weighted by Gasteiger charge is 2.28. The van der Waals surface area contributed by atoms with Crippen LogP contribution in [0.15, 0.2) is 42.7 Å². The van der Waals surface area contributed by atoms with Crippen molar-refractivity contribution >= 4 is 17.1 Å². The van der Waals surface area contributed by atoms with Crippen molar-refractivity contribution in [3.8, 4) is 5.75 Å². The molecule has 152 valence electrons. The molecule has 0 radical (unpaired) electrons. The van der Waals surface area contributed by atoms with Crippen molar-refractivity contribution in [3.63, 3.8) is 0 Å². The van der Waals surface area contributed by atoms with Crippen LogP contribution < -0.4 is 4.74 Å². The molecule has 0 atom stereocenters. The lowest BCUT2D eigenvalue weighted by atomic mass is 9.92. The Morgan fingerprint density at radius 1 is 1.14 bits per heavy atom. The van der Waals surface area contributed by atoms with Gasteiger partial charge in [0, 0.05) is 37.3 Å². The summed E-state index contributed by atoms with van der Waals surface area (Å²) in [5, 5.41) is 4.86. The number of aromatic nitrogens is 4. The summed E-state index contributed by atoms with van der Waals surface area (Å²) < 4.78 is 7.72. The number of nitrogens with zero attached hydrogens (tertiary/aromatic N) is 5. The molecule has 0 N–H and O–H groups in total. The minimum Gasteiger partial charge on any atom is -0.492 e. The van der Waals surface area contributed by atoms with Gasteiger partial charge in [-0.3, -0.25) is 4.79 Å². The zero-order valence-electron chi connectivity index (χ0n) is 17.0. The highest BCUT2D eigenvalue weighted by atomic mass is 16.5. The molecule has 7 heteroatoms. The van der Waals surface area contributed by atoms with Crippen molar-refractivity contribution in [2.45, 2.75) is 39.2 Å². The Labute approximate surface area is 170 Å². The largest absolute Gasteiger partial charge is 0.492 e. The van der Waals surface area contributed by atoms with E-state index >= 15 is 0 Å². The quantitative estimate of drug-likeness (QED) is 0.643. The number of carbonyl (C=O) groups is 1. The van der Waals surface area contributed by atoms with E-state index in [1.165, 1.54) is 0 Å². The highest BCUT2D eigenvalue weighted by molar-refractivity contribution is 5.78. The molecule has 1 aliphatic heterocycles. The van der Waals surface area contributed by atoms with Gasteiger partial charge in [-0.1, -0.05) is 32.0 Å². The van der Waals surface area contributed by atoms with E-state index in [2.05, 4.69) is 9.97 Å². The molecule has 0 spiro atoms. The molecular weight excluding hydrogens is 366 g/mol. The van der Waals surface area contributed by atoms with Crippen molar-refractivity contribution in [2.24, 2.45) is 5.92 Å². The summed E-state index contributed by atoms with van der Waals surface area (Å²) in [6, 6.07) is 9.77. The average molecular weight is 393 g/mol. The molecule has 3 aromatic rings. The van der Waals surface area contributed by atoms with Gasteiger partial charge in [-0.05, 0) is 25.0 Å². The van der Waals surface area contributed by atoms with Crippen LogP contribution >= 0.6 is 0 Å². The molecule has 2 aromatic heterocycles. The van der Waals surface area contributed by atoms with Crippen LogP contribution in [0.25, 0.3) is 11.2 Å². The first kappa shape index (κ1) is 19.4. The standard InChI is InChI=1S/C22H27N5O2/c1-16(2)22(28)26-12-8-17(9-13-26)19-20-21(24-11-10-23-20)27(25-19)14-15-29-18-6-4-3-5-7-18/h3-7,10-11,16-17H,8-9,12-15H2,1-2H3. The van der Waals surface area contributed by atoms with E-state index in [4.69, 9.17) is 9.84 Å². The number of amides is 1. The lowest BCUT2D eigenvalue weighted by Gasteiger charge is -2.32. The number of piperidine rings is 1. The van der Waals surface area contributed by atoms with E-state index in [0.717, 1.165) is 48.5 Å². The lowest BCUT2D eigenvalue weighted by molar-refractivity contribution is -0.135. The summed E-state index contributed by atoms with van der Waals surface area (Å²) >= 11 is 0. The molecule has 0 bridgehead atoms. The zero-order chi connectivity index (χ0) is 20.2.